The van der Waals surface area contributed by atoms with Gasteiger partial charge in [-0.25, -0.2) is 5.01 Å². The second-order valence-corrected chi connectivity index (χ2v) is 8.44. The summed E-state index contributed by atoms with van der Waals surface area (Å²) in [6.45, 7) is 9.11. The molecule has 2 aliphatic heterocycles. The van der Waals surface area contributed by atoms with Gasteiger partial charge in [-0.3, -0.25) is 15.0 Å². The third kappa shape index (κ3) is 4.65. The fourth-order valence-electron chi connectivity index (χ4n) is 4.56. The minimum atomic E-state index is -0.507. The first-order valence-corrected chi connectivity index (χ1v) is 10.9. The number of morpholine rings is 1. The van der Waals surface area contributed by atoms with Crippen molar-refractivity contribution in [2.24, 2.45) is 0 Å². The zero-order chi connectivity index (χ0) is 22.0. The first kappa shape index (κ1) is 21.5. The monoisotopic (exact) mass is 426 g/mol. The number of carbonyl (C=O) groups excluding carboxylic acids is 2. The molecule has 3 heterocycles. The van der Waals surface area contributed by atoms with Crippen LogP contribution in [0.1, 0.15) is 46.4 Å². The van der Waals surface area contributed by atoms with Crippen LogP contribution in [0.25, 0.3) is 11.3 Å². The predicted molar refractivity (Wildman–Crippen MR) is 115 cm³/mol. The molecule has 1 atom stereocenters. The summed E-state index contributed by atoms with van der Waals surface area (Å²) in [6, 6.07) is 5.36. The quantitative estimate of drug-likeness (QED) is 0.809. The van der Waals surface area contributed by atoms with E-state index in [1.165, 1.54) is 5.56 Å². The molecule has 2 amide bonds. The van der Waals surface area contributed by atoms with Gasteiger partial charge < -0.3 is 14.2 Å². The van der Waals surface area contributed by atoms with E-state index < -0.39 is 6.04 Å². The first-order valence-electron chi connectivity index (χ1n) is 10.9. The number of aromatic nitrogens is 1. The van der Waals surface area contributed by atoms with E-state index in [1.807, 2.05) is 18.9 Å². The maximum atomic E-state index is 13.3. The molecule has 2 aliphatic rings. The van der Waals surface area contributed by atoms with E-state index in [1.54, 1.807) is 11.0 Å². The SMILES string of the molecule is Cc1cc(C)c(-c2cc(C(=O)N3CCCC[C@@H]3C(=O)NN3CCOCC3)no2)c(C)c1. The van der Waals surface area contributed by atoms with Crippen LogP contribution < -0.4 is 5.43 Å². The van der Waals surface area contributed by atoms with Gasteiger partial charge in [0.2, 0.25) is 0 Å². The number of piperidine rings is 1. The molecule has 0 bridgehead atoms. The molecular weight excluding hydrogens is 396 g/mol. The molecule has 0 radical (unpaired) electrons. The number of hydrogen-bond donors (Lipinski definition) is 1. The highest BCUT2D eigenvalue weighted by molar-refractivity contribution is 5.97. The third-order valence-corrected chi connectivity index (χ3v) is 6.00. The van der Waals surface area contributed by atoms with E-state index in [0.717, 1.165) is 29.5 Å². The van der Waals surface area contributed by atoms with Crippen LogP contribution in [0.2, 0.25) is 0 Å². The Kier molecular flexibility index (Phi) is 6.38. The van der Waals surface area contributed by atoms with Gasteiger partial charge in [0, 0.05) is 31.3 Å². The molecule has 166 valence electrons. The average molecular weight is 427 g/mol. The fraction of sp³-hybridized carbons (Fsp3) is 0.522. The predicted octanol–water partition coefficient (Wildman–Crippen LogP) is 2.62. The number of carbonyl (C=O) groups is 2. The Morgan fingerprint density at radius 1 is 1.03 bits per heavy atom. The summed E-state index contributed by atoms with van der Waals surface area (Å²) in [5.41, 5.74) is 7.48. The Hall–Kier alpha value is -2.71. The van der Waals surface area contributed by atoms with Gasteiger partial charge in [0.1, 0.15) is 6.04 Å². The molecule has 31 heavy (non-hydrogen) atoms. The van der Waals surface area contributed by atoms with Crippen molar-refractivity contribution in [2.75, 3.05) is 32.8 Å². The van der Waals surface area contributed by atoms with Gasteiger partial charge >= 0.3 is 0 Å². The van der Waals surface area contributed by atoms with Crippen LogP contribution in [0.15, 0.2) is 22.7 Å². The zero-order valence-electron chi connectivity index (χ0n) is 18.4. The van der Waals surface area contributed by atoms with Crippen LogP contribution in [0.4, 0.5) is 0 Å². The molecule has 0 aliphatic carbocycles. The lowest BCUT2D eigenvalue weighted by atomic mass is 9.97. The molecule has 1 aromatic carbocycles. The van der Waals surface area contributed by atoms with Crippen molar-refractivity contribution >= 4 is 11.8 Å². The van der Waals surface area contributed by atoms with E-state index in [9.17, 15) is 9.59 Å². The smallest absolute Gasteiger partial charge is 0.276 e. The number of ether oxygens (including phenoxy) is 1. The number of benzene rings is 1. The minimum Gasteiger partial charge on any atom is -0.379 e. The molecule has 0 spiro atoms. The van der Waals surface area contributed by atoms with Crippen LogP contribution >= 0.6 is 0 Å². The van der Waals surface area contributed by atoms with Crippen molar-refractivity contribution in [3.05, 3.63) is 40.6 Å². The zero-order valence-corrected chi connectivity index (χ0v) is 18.4. The summed E-state index contributed by atoms with van der Waals surface area (Å²) in [6.07, 6.45) is 2.42. The molecule has 4 rings (SSSR count). The van der Waals surface area contributed by atoms with E-state index in [-0.39, 0.29) is 17.5 Å². The number of amides is 2. The van der Waals surface area contributed by atoms with Gasteiger partial charge in [-0.15, -0.1) is 0 Å². The van der Waals surface area contributed by atoms with Gasteiger partial charge in [0.25, 0.3) is 11.8 Å². The molecule has 2 saturated heterocycles. The van der Waals surface area contributed by atoms with Crippen molar-refractivity contribution < 1.29 is 18.8 Å². The Balaban J connectivity index is 1.52. The third-order valence-electron chi connectivity index (χ3n) is 6.00. The van der Waals surface area contributed by atoms with E-state index >= 15 is 0 Å². The lowest BCUT2D eigenvalue weighted by molar-refractivity contribution is -0.133. The normalized spacial score (nSPS) is 20.0. The Labute approximate surface area is 182 Å². The summed E-state index contributed by atoms with van der Waals surface area (Å²) in [4.78, 5) is 27.8. The molecule has 2 fully saturated rings. The van der Waals surface area contributed by atoms with Gasteiger partial charge in [-0.2, -0.15) is 0 Å². The highest BCUT2D eigenvalue weighted by Crippen LogP contribution is 2.30. The number of rotatable bonds is 4. The van der Waals surface area contributed by atoms with Gasteiger partial charge in [-0.05, 0) is 51.2 Å². The highest BCUT2D eigenvalue weighted by atomic mass is 16.5. The molecule has 2 aromatic rings. The lowest BCUT2D eigenvalue weighted by Crippen LogP contribution is -2.57. The largest absolute Gasteiger partial charge is 0.379 e. The molecule has 0 saturated carbocycles. The minimum absolute atomic E-state index is 0.149. The number of hydrogen-bond acceptors (Lipinski definition) is 6. The average Bonchev–Trinajstić information content (AvgIpc) is 3.23. The number of hydrazine groups is 1. The lowest BCUT2D eigenvalue weighted by Gasteiger charge is -2.36. The van der Waals surface area contributed by atoms with Crippen molar-refractivity contribution in [2.45, 2.75) is 46.1 Å². The van der Waals surface area contributed by atoms with E-state index in [0.29, 0.717) is 45.0 Å². The van der Waals surface area contributed by atoms with E-state index in [2.05, 4.69) is 29.6 Å². The Morgan fingerprint density at radius 2 is 1.74 bits per heavy atom. The highest BCUT2D eigenvalue weighted by Gasteiger charge is 2.35. The maximum Gasteiger partial charge on any atom is 0.276 e. The van der Waals surface area contributed by atoms with Gasteiger partial charge in [0.05, 0.1) is 13.2 Å². The van der Waals surface area contributed by atoms with Crippen LogP contribution in [0.5, 0.6) is 0 Å². The molecule has 1 aromatic heterocycles. The summed E-state index contributed by atoms with van der Waals surface area (Å²) < 4.78 is 10.9. The Bertz CT molecular complexity index is 941. The molecule has 8 nitrogen and oxygen atoms in total. The number of nitrogens with one attached hydrogen (secondary N) is 1. The molecular formula is C23H30N4O4. The van der Waals surface area contributed by atoms with Crippen LogP contribution in [0.3, 0.4) is 0 Å². The second-order valence-electron chi connectivity index (χ2n) is 8.44. The summed E-state index contributed by atoms with van der Waals surface area (Å²) in [5, 5.41) is 5.92. The van der Waals surface area contributed by atoms with Gasteiger partial charge in [-0.1, -0.05) is 22.9 Å². The summed E-state index contributed by atoms with van der Waals surface area (Å²) in [7, 11) is 0. The molecule has 0 unspecified atom stereocenters. The van der Waals surface area contributed by atoms with Crippen LogP contribution in [0, 0.1) is 20.8 Å². The fourth-order valence-corrected chi connectivity index (χ4v) is 4.56. The standard InChI is InChI=1S/C23H30N4O4/c1-15-12-16(2)21(17(3)13-15)20-14-18(25-31-20)23(29)27-7-5-4-6-19(27)22(28)24-26-8-10-30-11-9-26/h12-14,19H,4-11H2,1-3H3,(H,24,28)/t19-/m1/s1. The molecule has 8 heteroatoms. The maximum absolute atomic E-state index is 13.3. The second kappa shape index (κ2) is 9.20. The summed E-state index contributed by atoms with van der Waals surface area (Å²) >= 11 is 0. The van der Waals surface area contributed by atoms with Crippen LogP contribution in [-0.4, -0.2) is 65.8 Å². The number of likely N-dealkylation sites (tertiary alicyclic amines) is 1. The first-order chi connectivity index (χ1) is 14.9. The number of nitrogens with zero attached hydrogens (tertiary/aromatic N) is 3. The van der Waals surface area contributed by atoms with Crippen molar-refractivity contribution in [1.82, 2.24) is 20.5 Å². The van der Waals surface area contributed by atoms with Crippen molar-refractivity contribution in [3.63, 3.8) is 0 Å². The van der Waals surface area contributed by atoms with Crippen molar-refractivity contribution in [1.29, 1.82) is 0 Å². The molecule has 1 N–H and O–H groups in total. The summed E-state index contributed by atoms with van der Waals surface area (Å²) in [5.74, 6) is 0.160. The van der Waals surface area contributed by atoms with Crippen molar-refractivity contribution in [3.8, 4) is 11.3 Å². The van der Waals surface area contributed by atoms with Gasteiger partial charge in [0.15, 0.2) is 11.5 Å². The number of aryl methyl sites for hydroxylation is 3. The Morgan fingerprint density at radius 3 is 2.45 bits per heavy atom. The van der Waals surface area contributed by atoms with E-state index in [4.69, 9.17) is 9.26 Å². The topological polar surface area (TPSA) is 87.9 Å². The van der Waals surface area contributed by atoms with Crippen LogP contribution in [-0.2, 0) is 9.53 Å².